The molecule has 0 bridgehead atoms. The normalized spacial score (nSPS) is 14.4. The average molecular weight is 291 g/mol. The summed E-state index contributed by atoms with van der Waals surface area (Å²) in [7, 11) is 0. The number of nitrogens with one attached hydrogen (secondary N) is 1. The average Bonchev–Trinajstić information content (AvgIpc) is 2.44. The van der Waals surface area contributed by atoms with Crippen LogP contribution < -0.4 is 5.32 Å². The molecule has 0 aliphatic heterocycles. The molecule has 2 atom stereocenters. The minimum atomic E-state index is 0.292. The predicted molar refractivity (Wildman–Crippen MR) is 91.7 cm³/mol. The standard InChI is InChI=1S/C19H33NO/c1-6-8-17-9-11-18(12-10-17)19(20-7-2)14-21-16(5)13-15(3)4/h9-12,15-16,19-20H,6-8,13-14H2,1-5H3. The van der Waals surface area contributed by atoms with Crippen molar-refractivity contribution in [2.45, 2.75) is 66.0 Å². The van der Waals surface area contributed by atoms with Gasteiger partial charge in [0, 0.05) is 0 Å². The van der Waals surface area contributed by atoms with Gasteiger partial charge < -0.3 is 10.1 Å². The second kappa shape index (κ2) is 9.97. The van der Waals surface area contributed by atoms with Crippen LogP contribution in [0.3, 0.4) is 0 Å². The molecule has 0 heterocycles. The Hall–Kier alpha value is -0.860. The smallest absolute Gasteiger partial charge is 0.0665 e. The van der Waals surface area contributed by atoms with Crippen molar-refractivity contribution in [2.24, 2.45) is 5.92 Å². The Bertz CT molecular complexity index is 372. The number of ether oxygens (including phenoxy) is 1. The fraction of sp³-hybridized carbons (Fsp3) is 0.684. The van der Waals surface area contributed by atoms with Crippen molar-refractivity contribution in [1.82, 2.24) is 5.32 Å². The topological polar surface area (TPSA) is 21.3 Å². The van der Waals surface area contributed by atoms with Gasteiger partial charge in [-0.1, -0.05) is 58.4 Å². The number of hydrogen-bond donors (Lipinski definition) is 1. The molecule has 2 nitrogen and oxygen atoms in total. The summed E-state index contributed by atoms with van der Waals surface area (Å²) >= 11 is 0. The minimum Gasteiger partial charge on any atom is -0.377 e. The predicted octanol–water partition coefficient (Wildman–Crippen LogP) is 4.74. The van der Waals surface area contributed by atoms with E-state index in [9.17, 15) is 0 Å². The Balaban J connectivity index is 2.59. The van der Waals surface area contributed by atoms with E-state index in [0.717, 1.165) is 26.0 Å². The Kier molecular flexibility index (Phi) is 8.63. The lowest BCUT2D eigenvalue weighted by Crippen LogP contribution is -2.27. The van der Waals surface area contributed by atoms with Crippen molar-refractivity contribution in [3.05, 3.63) is 35.4 Å². The maximum atomic E-state index is 6.04. The van der Waals surface area contributed by atoms with Gasteiger partial charge in [-0.05, 0) is 43.4 Å². The van der Waals surface area contributed by atoms with E-state index in [4.69, 9.17) is 4.74 Å². The summed E-state index contributed by atoms with van der Waals surface area (Å²) in [6.07, 6.45) is 3.80. The van der Waals surface area contributed by atoms with Crippen LogP contribution in [0, 0.1) is 5.92 Å². The molecule has 0 aromatic heterocycles. The number of benzene rings is 1. The highest BCUT2D eigenvalue weighted by atomic mass is 16.5. The van der Waals surface area contributed by atoms with Crippen LogP contribution in [-0.2, 0) is 11.2 Å². The van der Waals surface area contributed by atoms with E-state index < -0.39 is 0 Å². The molecule has 2 heteroatoms. The van der Waals surface area contributed by atoms with Crippen molar-refractivity contribution >= 4 is 0 Å². The molecule has 120 valence electrons. The molecule has 21 heavy (non-hydrogen) atoms. The Morgan fingerprint density at radius 3 is 2.24 bits per heavy atom. The van der Waals surface area contributed by atoms with Gasteiger partial charge in [-0.15, -0.1) is 0 Å². The molecule has 0 amide bonds. The number of aryl methyl sites for hydroxylation is 1. The summed E-state index contributed by atoms with van der Waals surface area (Å²) in [5.41, 5.74) is 2.75. The van der Waals surface area contributed by atoms with Gasteiger partial charge in [0.1, 0.15) is 0 Å². The number of hydrogen-bond acceptors (Lipinski definition) is 2. The van der Waals surface area contributed by atoms with Crippen LogP contribution in [0.15, 0.2) is 24.3 Å². The second-order valence-corrected chi connectivity index (χ2v) is 6.38. The zero-order valence-electron chi connectivity index (χ0n) is 14.5. The zero-order valence-corrected chi connectivity index (χ0v) is 14.5. The summed E-state index contributed by atoms with van der Waals surface area (Å²) in [6, 6.07) is 9.28. The maximum Gasteiger partial charge on any atom is 0.0665 e. The van der Waals surface area contributed by atoms with Crippen LogP contribution in [0.1, 0.15) is 64.6 Å². The quantitative estimate of drug-likeness (QED) is 0.672. The van der Waals surface area contributed by atoms with Gasteiger partial charge in [0.15, 0.2) is 0 Å². The molecule has 0 spiro atoms. The Morgan fingerprint density at radius 1 is 1.05 bits per heavy atom. The SMILES string of the molecule is CCCc1ccc(C(COC(C)CC(C)C)NCC)cc1. The monoisotopic (exact) mass is 291 g/mol. The summed E-state index contributed by atoms with van der Waals surface area (Å²) in [6.45, 7) is 12.7. The van der Waals surface area contributed by atoms with Crippen LogP contribution in [-0.4, -0.2) is 19.3 Å². The highest BCUT2D eigenvalue weighted by molar-refractivity contribution is 5.25. The van der Waals surface area contributed by atoms with Gasteiger partial charge >= 0.3 is 0 Å². The summed E-state index contributed by atoms with van der Waals surface area (Å²) in [5.74, 6) is 0.686. The number of rotatable bonds is 10. The summed E-state index contributed by atoms with van der Waals surface area (Å²) < 4.78 is 6.04. The Morgan fingerprint density at radius 2 is 1.71 bits per heavy atom. The first kappa shape index (κ1) is 18.2. The van der Waals surface area contributed by atoms with E-state index in [1.165, 1.54) is 17.5 Å². The van der Waals surface area contributed by atoms with Gasteiger partial charge in [0.2, 0.25) is 0 Å². The molecule has 1 aromatic rings. The lowest BCUT2D eigenvalue weighted by atomic mass is 10.0. The van der Waals surface area contributed by atoms with Crippen LogP contribution in [0.2, 0.25) is 0 Å². The number of likely N-dealkylation sites (N-methyl/N-ethyl adjacent to an activating group) is 1. The minimum absolute atomic E-state index is 0.292. The summed E-state index contributed by atoms with van der Waals surface area (Å²) in [4.78, 5) is 0. The second-order valence-electron chi connectivity index (χ2n) is 6.38. The fourth-order valence-corrected chi connectivity index (χ4v) is 2.72. The van der Waals surface area contributed by atoms with Crippen LogP contribution in [0.25, 0.3) is 0 Å². The first-order chi connectivity index (χ1) is 10.1. The third-order valence-corrected chi connectivity index (χ3v) is 3.72. The third-order valence-electron chi connectivity index (χ3n) is 3.72. The summed E-state index contributed by atoms with van der Waals surface area (Å²) in [5, 5.41) is 3.53. The van der Waals surface area contributed by atoms with Crippen LogP contribution >= 0.6 is 0 Å². The zero-order chi connectivity index (χ0) is 15.7. The van der Waals surface area contributed by atoms with E-state index in [-0.39, 0.29) is 0 Å². The van der Waals surface area contributed by atoms with E-state index >= 15 is 0 Å². The van der Waals surface area contributed by atoms with Crippen molar-refractivity contribution in [2.75, 3.05) is 13.2 Å². The van der Waals surface area contributed by atoms with E-state index in [2.05, 4.69) is 64.2 Å². The molecular formula is C19H33NO. The van der Waals surface area contributed by atoms with Crippen molar-refractivity contribution < 1.29 is 4.74 Å². The highest BCUT2D eigenvalue weighted by Gasteiger charge is 2.13. The first-order valence-corrected chi connectivity index (χ1v) is 8.50. The molecule has 0 aliphatic carbocycles. The van der Waals surface area contributed by atoms with Crippen LogP contribution in [0.4, 0.5) is 0 Å². The van der Waals surface area contributed by atoms with Gasteiger partial charge in [0.05, 0.1) is 18.8 Å². The Labute approximate surface area is 131 Å². The molecule has 0 radical (unpaired) electrons. The molecule has 0 saturated heterocycles. The van der Waals surface area contributed by atoms with Crippen molar-refractivity contribution in [3.8, 4) is 0 Å². The first-order valence-electron chi connectivity index (χ1n) is 8.50. The highest BCUT2D eigenvalue weighted by Crippen LogP contribution is 2.17. The fourth-order valence-electron chi connectivity index (χ4n) is 2.72. The lowest BCUT2D eigenvalue weighted by molar-refractivity contribution is 0.0373. The molecule has 1 N–H and O–H groups in total. The van der Waals surface area contributed by atoms with Crippen molar-refractivity contribution in [1.29, 1.82) is 0 Å². The maximum absolute atomic E-state index is 6.04. The molecule has 0 saturated carbocycles. The lowest BCUT2D eigenvalue weighted by Gasteiger charge is -2.22. The largest absolute Gasteiger partial charge is 0.377 e. The molecule has 1 rings (SSSR count). The molecular weight excluding hydrogens is 258 g/mol. The van der Waals surface area contributed by atoms with Crippen LogP contribution in [0.5, 0.6) is 0 Å². The molecule has 1 aromatic carbocycles. The van der Waals surface area contributed by atoms with Gasteiger partial charge in [-0.2, -0.15) is 0 Å². The van der Waals surface area contributed by atoms with Gasteiger partial charge in [0.25, 0.3) is 0 Å². The van der Waals surface area contributed by atoms with Crippen molar-refractivity contribution in [3.63, 3.8) is 0 Å². The van der Waals surface area contributed by atoms with E-state index in [1.54, 1.807) is 0 Å². The van der Waals surface area contributed by atoms with E-state index in [1.807, 2.05) is 0 Å². The molecule has 2 unspecified atom stereocenters. The molecule has 0 aliphatic rings. The van der Waals surface area contributed by atoms with Gasteiger partial charge in [-0.3, -0.25) is 0 Å². The third kappa shape index (κ3) is 7.10. The molecule has 0 fully saturated rings. The van der Waals surface area contributed by atoms with E-state index in [0.29, 0.717) is 18.1 Å². The van der Waals surface area contributed by atoms with Gasteiger partial charge in [-0.25, -0.2) is 0 Å².